The molecule has 0 radical (unpaired) electrons. The first kappa shape index (κ1) is 12.9. The van der Waals surface area contributed by atoms with Crippen molar-refractivity contribution in [3.63, 3.8) is 0 Å². The lowest BCUT2D eigenvalue weighted by Gasteiger charge is -2.28. The largest absolute Gasteiger partial charge is 0.371 e. The van der Waals surface area contributed by atoms with E-state index in [0.717, 1.165) is 0 Å². The fourth-order valence-electron chi connectivity index (χ4n) is 3.13. The smallest absolute Gasteiger partial charge is 0.0411 e. The van der Waals surface area contributed by atoms with Gasteiger partial charge in [-0.05, 0) is 29.3 Å². The number of anilines is 1. The van der Waals surface area contributed by atoms with Crippen molar-refractivity contribution in [2.45, 2.75) is 39.7 Å². The molecule has 1 aliphatic rings. The Labute approximate surface area is 110 Å². The molecule has 1 heterocycles. The van der Waals surface area contributed by atoms with Gasteiger partial charge in [0.15, 0.2) is 0 Å². The standard InChI is InChI=1S/C16H19N.CH4/c1-11-16(2,3)15-13-8-6-5-7-12(13)9-10-14(15)17(11)4;/h5-11H,1-4H3;1H4. The molecular weight excluding hydrogens is 218 g/mol. The minimum atomic E-state index is 0. The first-order chi connectivity index (χ1) is 8.03. The average Bonchev–Trinajstić information content (AvgIpc) is 2.51. The molecule has 0 fully saturated rings. The zero-order valence-corrected chi connectivity index (χ0v) is 11.0. The Hall–Kier alpha value is -1.50. The van der Waals surface area contributed by atoms with Crippen LogP contribution in [0.5, 0.6) is 0 Å². The van der Waals surface area contributed by atoms with Gasteiger partial charge >= 0.3 is 0 Å². The minimum absolute atomic E-state index is 0. The van der Waals surface area contributed by atoms with Crippen LogP contribution in [0.25, 0.3) is 10.8 Å². The second-order valence-electron chi connectivity index (χ2n) is 5.69. The van der Waals surface area contributed by atoms with E-state index in [2.05, 4.69) is 69.1 Å². The van der Waals surface area contributed by atoms with E-state index in [1.54, 1.807) is 0 Å². The summed E-state index contributed by atoms with van der Waals surface area (Å²) in [5, 5.41) is 2.76. The predicted molar refractivity (Wildman–Crippen MR) is 81.6 cm³/mol. The summed E-state index contributed by atoms with van der Waals surface area (Å²) < 4.78 is 0. The maximum absolute atomic E-state index is 2.40. The van der Waals surface area contributed by atoms with Gasteiger partial charge in [0, 0.05) is 24.2 Å². The topological polar surface area (TPSA) is 3.24 Å². The van der Waals surface area contributed by atoms with E-state index < -0.39 is 0 Å². The monoisotopic (exact) mass is 241 g/mol. The molecule has 0 aliphatic carbocycles. The minimum Gasteiger partial charge on any atom is -0.371 e. The molecule has 2 aromatic rings. The number of hydrogen-bond donors (Lipinski definition) is 0. The fourth-order valence-corrected chi connectivity index (χ4v) is 3.13. The Balaban J connectivity index is 0.00000120. The predicted octanol–water partition coefficient (Wildman–Crippen LogP) is 4.59. The SMILES string of the molecule is C.CC1N(C)c2ccc3ccccc3c2C1(C)C. The Morgan fingerprint density at radius 1 is 1.06 bits per heavy atom. The Kier molecular flexibility index (Phi) is 2.89. The summed E-state index contributed by atoms with van der Waals surface area (Å²) in [6.07, 6.45) is 0. The summed E-state index contributed by atoms with van der Waals surface area (Å²) in [4.78, 5) is 2.40. The summed E-state index contributed by atoms with van der Waals surface area (Å²) in [7, 11) is 2.20. The third-order valence-corrected chi connectivity index (χ3v) is 4.56. The number of benzene rings is 2. The molecule has 1 aliphatic heterocycles. The van der Waals surface area contributed by atoms with Crippen molar-refractivity contribution >= 4 is 16.5 Å². The van der Waals surface area contributed by atoms with Gasteiger partial charge in [-0.25, -0.2) is 0 Å². The molecule has 96 valence electrons. The van der Waals surface area contributed by atoms with E-state index in [0.29, 0.717) is 6.04 Å². The Bertz CT molecular complexity index is 583. The maximum atomic E-state index is 2.40. The summed E-state index contributed by atoms with van der Waals surface area (Å²) in [6, 6.07) is 13.8. The van der Waals surface area contributed by atoms with E-state index in [4.69, 9.17) is 0 Å². The van der Waals surface area contributed by atoms with Crippen LogP contribution in [0.15, 0.2) is 36.4 Å². The Morgan fingerprint density at radius 3 is 2.44 bits per heavy atom. The molecule has 18 heavy (non-hydrogen) atoms. The molecule has 0 spiro atoms. The van der Waals surface area contributed by atoms with Crippen LogP contribution in [0.2, 0.25) is 0 Å². The fraction of sp³-hybridized carbons (Fsp3) is 0.412. The quantitative estimate of drug-likeness (QED) is 0.652. The zero-order valence-electron chi connectivity index (χ0n) is 11.0. The molecule has 0 saturated heterocycles. The van der Waals surface area contributed by atoms with Gasteiger partial charge in [-0.1, -0.05) is 51.6 Å². The van der Waals surface area contributed by atoms with E-state index in [9.17, 15) is 0 Å². The molecule has 0 bridgehead atoms. The van der Waals surface area contributed by atoms with Crippen LogP contribution in [0.3, 0.4) is 0 Å². The van der Waals surface area contributed by atoms with Crippen molar-refractivity contribution < 1.29 is 0 Å². The van der Waals surface area contributed by atoms with Crippen molar-refractivity contribution in [2.24, 2.45) is 0 Å². The maximum Gasteiger partial charge on any atom is 0.0411 e. The van der Waals surface area contributed by atoms with Crippen LogP contribution < -0.4 is 4.90 Å². The normalized spacial score (nSPS) is 20.7. The van der Waals surface area contributed by atoms with E-state index in [1.165, 1.54) is 22.0 Å². The molecule has 1 atom stereocenters. The van der Waals surface area contributed by atoms with Gasteiger partial charge < -0.3 is 4.90 Å². The molecule has 0 aromatic heterocycles. The summed E-state index contributed by atoms with van der Waals surface area (Å²) in [5.74, 6) is 0. The van der Waals surface area contributed by atoms with Gasteiger partial charge in [-0.2, -0.15) is 0 Å². The van der Waals surface area contributed by atoms with Gasteiger partial charge in [0.1, 0.15) is 0 Å². The first-order valence-corrected chi connectivity index (χ1v) is 6.28. The third kappa shape index (κ3) is 1.46. The highest BCUT2D eigenvalue weighted by Crippen LogP contribution is 2.47. The lowest BCUT2D eigenvalue weighted by atomic mass is 9.79. The third-order valence-electron chi connectivity index (χ3n) is 4.56. The summed E-state index contributed by atoms with van der Waals surface area (Å²) >= 11 is 0. The highest BCUT2D eigenvalue weighted by Gasteiger charge is 2.41. The van der Waals surface area contributed by atoms with Gasteiger partial charge in [-0.15, -0.1) is 0 Å². The van der Waals surface area contributed by atoms with Crippen molar-refractivity contribution in [1.82, 2.24) is 0 Å². The van der Waals surface area contributed by atoms with Crippen LogP contribution in [-0.4, -0.2) is 13.1 Å². The summed E-state index contributed by atoms with van der Waals surface area (Å²) in [5.41, 5.74) is 3.11. The molecule has 1 heteroatoms. The molecule has 0 saturated carbocycles. The molecular formula is C17H23N. The Morgan fingerprint density at radius 2 is 1.72 bits per heavy atom. The second-order valence-corrected chi connectivity index (χ2v) is 5.69. The molecule has 0 N–H and O–H groups in total. The van der Waals surface area contributed by atoms with Crippen molar-refractivity contribution in [3.8, 4) is 0 Å². The first-order valence-electron chi connectivity index (χ1n) is 6.28. The van der Waals surface area contributed by atoms with Crippen LogP contribution in [-0.2, 0) is 5.41 Å². The van der Waals surface area contributed by atoms with E-state index in [1.807, 2.05) is 0 Å². The highest BCUT2D eigenvalue weighted by atomic mass is 15.2. The molecule has 2 aromatic carbocycles. The number of rotatable bonds is 0. The van der Waals surface area contributed by atoms with Crippen LogP contribution in [0, 0.1) is 0 Å². The molecule has 1 nitrogen and oxygen atoms in total. The van der Waals surface area contributed by atoms with E-state index >= 15 is 0 Å². The number of likely N-dealkylation sites (N-methyl/N-ethyl adjacent to an activating group) is 1. The van der Waals surface area contributed by atoms with Gasteiger partial charge in [0.05, 0.1) is 0 Å². The van der Waals surface area contributed by atoms with Crippen LogP contribution in [0.1, 0.15) is 33.8 Å². The average molecular weight is 241 g/mol. The molecule has 0 amide bonds. The van der Waals surface area contributed by atoms with Crippen molar-refractivity contribution in [2.75, 3.05) is 11.9 Å². The highest BCUT2D eigenvalue weighted by molar-refractivity contribution is 5.93. The van der Waals surface area contributed by atoms with E-state index in [-0.39, 0.29) is 12.8 Å². The number of fused-ring (bicyclic) bond motifs is 3. The number of hydrogen-bond acceptors (Lipinski definition) is 1. The van der Waals surface area contributed by atoms with Crippen molar-refractivity contribution in [3.05, 3.63) is 42.0 Å². The van der Waals surface area contributed by atoms with Crippen molar-refractivity contribution in [1.29, 1.82) is 0 Å². The molecule has 1 unspecified atom stereocenters. The lowest BCUT2D eigenvalue weighted by molar-refractivity contribution is 0.457. The van der Waals surface area contributed by atoms with Gasteiger partial charge in [0.2, 0.25) is 0 Å². The van der Waals surface area contributed by atoms with Crippen LogP contribution >= 0.6 is 0 Å². The zero-order chi connectivity index (χ0) is 12.2. The van der Waals surface area contributed by atoms with Gasteiger partial charge in [0.25, 0.3) is 0 Å². The van der Waals surface area contributed by atoms with Crippen LogP contribution in [0.4, 0.5) is 5.69 Å². The molecule has 3 rings (SSSR count). The lowest BCUT2D eigenvalue weighted by Crippen LogP contribution is -2.36. The summed E-state index contributed by atoms with van der Waals surface area (Å²) in [6.45, 7) is 7.02. The second kappa shape index (κ2) is 4.01. The number of nitrogens with zero attached hydrogens (tertiary/aromatic N) is 1. The van der Waals surface area contributed by atoms with Gasteiger partial charge in [-0.3, -0.25) is 0 Å².